The van der Waals surface area contributed by atoms with Crippen LogP contribution in [-0.4, -0.2) is 73.4 Å². The average Bonchev–Trinajstić information content (AvgIpc) is 3.61. The van der Waals surface area contributed by atoms with Crippen molar-refractivity contribution >= 4 is 50.0 Å². The maximum Gasteiger partial charge on any atom is 0.257 e. The van der Waals surface area contributed by atoms with Crippen molar-refractivity contribution in [2.75, 3.05) is 58.4 Å². The Morgan fingerprint density at radius 2 is 1.69 bits per heavy atom. The van der Waals surface area contributed by atoms with Gasteiger partial charge < -0.3 is 24.8 Å². The number of benzene rings is 2. The number of aryl methyl sites for hydroxylation is 1. The number of alkyl halides is 2. The smallest absolute Gasteiger partial charge is 0.257 e. The Hall–Kier alpha value is -3.45. The third kappa shape index (κ3) is 5.76. The number of piperidine rings is 2. The molecule has 13 heteroatoms. The Morgan fingerprint density at radius 1 is 1.00 bits per heavy atom. The number of aliphatic hydroxyl groups is 1. The van der Waals surface area contributed by atoms with Crippen molar-refractivity contribution in [1.29, 1.82) is 0 Å². The van der Waals surface area contributed by atoms with Crippen molar-refractivity contribution in [3.05, 3.63) is 42.0 Å². The molecular weight excluding hydrogens is 566 g/mol. The number of sulfonamides is 1. The van der Waals surface area contributed by atoms with Crippen LogP contribution < -0.4 is 19.8 Å². The molecular formula is C29H36F2N6O4S. The topological polar surface area (TPSA) is 120 Å². The minimum absolute atomic E-state index is 0.195. The second-order valence-electron chi connectivity index (χ2n) is 11.8. The molecule has 1 spiro atoms. The van der Waals surface area contributed by atoms with Gasteiger partial charge in [-0.05, 0) is 61.4 Å². The van der Waals surface area contributed by atoms with Crippen LogP contribution in [0.3, 0.4) is 0 Å². The lowest BCUT2D eigenvalue weighted by Crippen LogP contribution is -2.40. The van der Waals surface area contributed by atoms with Crippen LogP contribution >= 0.6 is 0 Å². The highest BCUT2D eigenvalue weighted by molar-refractivity contribution is 7.92. The standard InChI is InChI=1S/C29H36F2N6O4S/c1-35-25-22(3-2-4-23(25)33-27(35)37-15-11-29(30,31)12-16-37)32-26(39)21-6-5-20(34-42(40,41)18-17-38)19-24(21)36-13-9-28(7-8-28)10-14-36/h2-6,19,34,38H,7-18H2,1H3,(H,32,39). The SMILES string of the molecule is Cn1c(N2CCC(F)(F)CC2)nc2cccc(NC(=O)c3ccc(NS(=O)(=O)CCO)cc3N3CCC4(CC3)CC4)c21. The number of para-hydroxylation sites is 1. The predicted molar refractivity (Wildman–Crippen MR) is 159 cm³/mol. The molecule has 3 aliphatic rings. The number of carbonyl (C=O) groups excluding carboxylic acids is 1. The number of hydrogen-bond acceptors (Lipinski definition) is 7. The van der Waals surface area contributed by atoms with Gasteiger partial charge in [-0.15, -0.1) is 0 Å². The lowest BCUT2D eigenvalue weighted by Gasteiger charge is -2.35. The fourth-order valence-electron chi connectivity index (χ4n) is 6.16. The number of hydrogen-bond donors (Lipinski definition) is 3. The number of carbonyl (C=O) groups is 1. The first-order valence-corrected chi connectivity index (χ1v) is 16.0. The third-order valence-corrected chi connectivity index (χ3v) is 10.2. The molecule has 0 radical (unpaired) electrons. The molecule has 1 amide bonds. The summed E-state index contributed by atoms with van der Waals surface area (Å²) in [6, 6.07) is 10.3. The van der Waals surface area contributed by atoms with E-state index in [1.165, 1.54) is 12.8 Å². The zero-order valence-electron chi connectivity index (χ0n) is 23.6. The first-order chi connectivity index (χ1) is 20.0. The fraction of sp³-hybridized carbons (Fsp3) is 0.517. The van der Waals surface area contributed by atoms with Crippen LogP contribution in [0.2, 0.25) is 0 Å². The maximum absolute atomic E-state index is 13.8. The molecule has 3 fully saturated rings. The molecule has 3 N–H and O–H groups in total. The Kier molecular flexibility index (Phi) is 7.28. The van der Waals surface area contributed by atoms with Gasteiger partial charge in [0.1, 0.15) is 0 Å². The molecule has 0 unspecified atom stereocenters. The van der Waals surface area contributed by atoms with Crippen molar-refractivity contribution in [3.63, 3.8) is 0 Å². The summed E-state index contributed by atoms with van der Waals surface area (Å²) in [4.78, 5) is 22.5. The number of anilines is 4. The lowest BCUT2D eigenvalue weighted by molar-refractivity contribution is -0.0223. The molecule has 226 valence electrons. The number of fused-ring (bicyclic) bond motifs is 1. The fourth-order valence-corrected chi connectivity index (χ4v) is 6.99. The van der Waals surface area contributed by atoms with Crippen molar-refractivity contribution in [2.45, 2.75) is 44.4 Å². The second kappa shape index (κ2) is 10.7. The largest absolute Gasteiger partial charge is 0.395 e. The highest BCUT2D eigenvalue weighted by atomic mass is 32.2. The van der Waals surface area contributed by atoms with E-state index in [4.69, 9.17) is 10.1 Å². The first-order valence-electron chi connectivity index (χ1n) is 14.4. The number of aromatic nitrogens is 2. The van der Waals surface area contributed by atoms with Crippen molar-refractivity contribution in [2.24, 2.45) is 12.5 Å². The number of nitrogens with zero attached hydrogens (tertiary/aromatic N) is 4. The number of imidazole rings is 1. The van der Waals surface area contributed by atoms with Gasteiger partial charge in [-0.1, -0.05) is 6.07 Å². The quantitative estimate of drug-likeness (QED) is 0.354. The molecule has 6 rings (SSSR count). The molecule has 10 nitrogen and oxygen atoms in total. The zero-order chi connectivity index (χ0) is 29.7. The molecule has 42 heavy (non-hydrogen) atoms. The van der Waals surface area contributed by atoms with Crippen LogP contribution in [0.1, 0.15) is 48.9 Å². The summed E-state index contributed by atoms with van der Waals surface area (Å²) >= 11 is 0. The second-order valence-corrected chi connectivity index (χ2v) is 13.6. The van der Waals surface area contributed by atoms with Crippen LogP contribution in [0.5, 0.6) is 0 Å². The van der Waals surface area contributed by atoms with Crippen LogP contribution in [-0.2, 0) is 17.1 Å². The van der Waals surface area contributed by atoms with Gasteiger partial charge in [-0.3, -0.25) is 9.52 Å². The van der Waals surface area contributed by atoms with Crippen LogP contribution in [0.25, 0.3) is 11.0 Å². The molecule has 0 atom stereocenters. The van der Waals surface area contributed by atoms with Gasteiger partial charge in [0.2, 0.25) is 16.0 Å². The molecule has 2 aliphatic heterocycles. The molecule has 2 saturated heterocycles. The van der Waals surface area contributed by atoms with E-state index >= 15 is 0 Å². The lowest BCUT2D eigenvalue weighted by atomic mass is 9.93. The van der Waals surface area contributed by atoms with E-state index in [2.05, 4.69) is 14.9 Å². The monoisotopic (exact) mass is 602 g/mol. The van der Waals surface area contributed by atoms with E-state index in [-0.39, 0.29) is 31.8 Å². The highest BCUT2D eigenvalue weighted by Gasteiger charge is 2.44. The highest BCUT2D eigenvalue weighted by Crippen LogP contribution is 2.54. The molecule has 1 aromatic heterocycles. The summed E-state index contributed by atoms with van der Waals surface area (Å²) in [6.45, 7) is 1.43. The Morgan fingerprint density at radius 3 is 2.36 bits per heavy atom. The van der Waals surface area contributed by atoms with Crippen molar-refractivity contribution < 1.29 is 27.1 Å². The molecule has 2 aromatic carbocycles. The van der Waals surface area contributed by atoms with Gasteiger partial charge in [0.15, 0.2) is 0 Å². The van der Waals surface area contributed by atoms with Gasteiger partial charge >= 0.3 is 0 Å². The average molecular weight is 603 g/mol. The van der Waals surface area contributed by atoms with Gasteiger partial charge in [0.05, 0.1) is 46.0 Å². The van der Waals surface area contributed by atoms with E-state index < -0.39 is 28.3 Å². The Balaban J connectivity index is 1.29. The maximum atomic E-state index is 13.8. The first kappa shape index (κ1) is 28.7. The predicted octanol–water partition coefficient (Wildman–Crippen LogP) is 4.18. The normalized spacial score (nSPS) is 19.7. The summed E-state index contributed by atoms with van der Waals surface area (Å²) in [5.74, 6) is -2.87. The third-order valence-electron chi connectivity index (χ3n) is 8.89. The van der Waals surface area contributed by atoms with E-state index in [0.717, 1.165) is 25.9 Å². The minimum Gasteiger partial charge on any atom is -0.395 e. The summed E-state index contributed by atoms with van der Waals surface area (Å²) in [5, 5.41) is 12.2. The minimum atomic E-state index is -3.74. The molecule has 3 heterocycles. The number of halogens is 2. The van der Waals surface area contributed by atoms with E-state index in [0.29, 0.717) is 45.0 Å². The Labute approximate surface area is 243 Å². The van der Waals surface area contributed by atoms with Crippen molar-refractivity contribution in [1.82, 2.24) is 9.55 Å². The van der Waals surface area contributed by atoms with Crippen LogP contribution in [0.4, 0.5) is 31.8 Å². The summed E-state index contributed by atoms with van der Waals surface area (Å²) in [7, 11) is -1.93. The van der Waals surface area contributed by atoms with Crippen molar-refractivity contribution in [3.8, 4) is 0 Å². The number of nitrogens with one attached hydrogen (secondary N) is 2. The molecule has 3 aromatic rings. The van der Waals surface area contributed by atoms with Crippen LogP contribution in [0.15, 0.2) is 36.4 Å². The molecule has 0 bridgehead atoms. The summed E-state index contributed by atoms with van der Waals surface area (Å²) in [6.07, 6.45) is 4.04. The number of aliphatic hydroxyl groups excluding tert-OH is 1. The zero-order valence-corrected chi connectivity index (χ0v) is 24.4. The van der Waals surface area contributed by atoms with Gasteiger partial charge in [0, 0.05) is 46.1 Å². The van der Waals surface area contributed by atoms with Gasteiger partial charge in [-0.2, -0.15) is 0 Å². The van der Waals surface area contributed by atoms with Gasteiger partial charge in [-0.25, -0.2) is 22.2 Å². The van der Waals surface area contributed by atoms with Crippen LogP contribution in [0, 0.1) is 5.41 Å². The number of amides is 1. The number of rotatable bonds is 8. The molecule has 1 aliphatic carbocycles. The summed E-state index contributed by atoms with van der Waals surface area (Å²) in [5.41, 5.74) is 3.64. The van der Waals surface area contributed by atoms with E-state index in [9.17, 15) is 22.0 Å². The molecule has 1 saturated carbocycles. The van der Waals surface area contributed by atoms with Gasteiger partial charge in [0.25, 0.3) is 11.8 Å². The van der Waals surface area contributed by atoms with E-state index in [1.807, 2.05) is 22.6 Å². The van der Waals surface area contributed by atoms with E-state index in [1.54, 1.807) is 30.3 Å². The Bertz CT molecular complexity index is 1600. The summed E-state index contributed by atoms with van der Waals surface area (Å²) < 4.78 is 56.5.